The first-order chi connectivity index (χ1) is 14.5. The van der Waals surface area contributed by atoms with Gasteiger partial charge in [-0.15, -0.1) is 0 Å². The fourth-order valence-electron chi connectivity index (χ4n) is 3.70. The Labute approximate surface area is 172 Å². The summed E-state index contributed by atoms with van der Waals surface area (Å²) in [5.74, 6) is 0.302. The normalized spacial score (nSPS) is 15.0. The molecule has 150 valence electrons. The number of hydrogen-bond acceptors (Lipinski definition) is 5. The number of nitrogens with zero attached hydrogens (tertiary/aromatic N) is 2. The minimum absolute atomic E-state index is 0.0621. The van der Waals surface area contributed by atoms with Crippen LogP contribution in [-0.4, -0.2) is 23.7 Å². The number of ether oxygens (including phenoxy) is 1. The standard InChI is InChI=1S/C23H18N2O5/c1-30-18-12-10-16(11-13-18)24-21(19-4-2-3-5-20(19)23(24)27)14-22(26)15-6-8-17(9-7-15)25(28)29/h2-13,21H,14H2,1H3. The largest absolute Gasteiger partial charge is 0.497 e. The molecule has 0 spiro atoms. The summed E-state index contributed by atoms with van der Waals surface area (Å²) in [6.45, 7) is 0. The third kappa shape index (κ3) is 3.41. The predicted molar refractivity (Wildman–Crippen MR) is 111 cm³/mol. The van der Waals surface area contributed by atoms with Crippen LogP contribution in [0.4, 0.5) is 11.4 Å². The van der Waals surface area contributed by atoms with Crippen LogP contribution in [0, 0.1) is 10.1 Å². The van der Waals surface area contributed by atoms with E-state index in [1.807, 2.05) is 12.1 Å². The molecular formula is C23H18N2O5. The fraction of sp³-hybridized carbons (Fsp3) is 0.130. The fourth-order valence-corrected chi connectivity index (χ4v) is 3.70. The Hall–Kier alpha value is -4.00. The molecule has 3 aromatic carbocycles. The lowest BCUT2D eigenvalue weighted by Crippen LogP contribution is -2.29. The maximum Gasteiger partial charge on any atom is 0.269 e. The zero-order valence-electron chi connectivity index (χ0n) is 16.1. The number of nitro groups is 1. The first kappa shape index (κ1) is 19.3. The Kier molecular flexibility index (Phi) is 5.02. The van der Waals surface area contributed by atoms with Crippen molar-refractivity contribution in [3.63, 3.8) is 0 Å². The molecule has 1 amide bonds. The Morgan fingerprint density at radius 2 is 1.70 bits per heavy atom. The van der Waals surface area contributed by atoms with Gasteiger partial charge in [0.25, 0.3) is 11.6 Å². The number of carbonyl (C=O) groups excluding carboxylic acids is 2. The van der Waals surface area contributed by atoms with Gasteiger partial charge >= 0.3 is 0 Å². The lowest BCUT2D eigenvalue weighted by Gasteiger charge is -2.25. The number of hydrogen-bond donors (Lipinski definition) is 0. The first-order valence-corrected chi connectivity index (χ1v) is 9.34. The summed E-state index contributed by atoms with van der Waals surface area (Å²) in [6.07, 6.45) is 0.0621. The van der Waals surface area contributed by atoms with Crippen molar-refractivity contribution < 1.29 is 19.2 Å². The number of non-ortho nitro benzene ring substituents is 1. The molecule has 4 rings (SSSR count). The molecule has 7 nitrogen and oxygen atoms in total. The number of Topliss-reactive ketones (excluding diaryl/α,β-unsaturated/α-hetero) is 1. The van der Waals surface area contributed by atoms with Crippen molar-refractivity contribution in [2.75, 3.05) is 12.0 Å². The molecular weight excluding hydrogens is 384 g/mol. The van der Waals surface area contributed by atoms with Crippen molar-refractivity contribution in [1.82, 2.24) is 0 Å². The van der Waals surface area contributed by atoms with E-state index in [2.05, 4.69) is 0 Å². The van der Waals surface area contributed by atoms with Crippen molar-refractivity contribution in [3.8, 4) is 5.75 Å². The first-order valence-electron chi connectivity index (χ1n) is 9.34. The molecule has 1 heterocycles. The van der Waals surface area contributed by atoms with Gasteiger partial charge in [-0.25, -0.2) is 0 Å². The number of rotatable bonds is 6. The van der Waals surface area contributed by atoms with Crippen molar-refractivity contribution in [3.05, 3.63) is 99.6 Å². The molecule has 0 fully saturated rings. The molecule has 1 unspecified atom stereocenters. The number of amides is 1. The van der Waals surface area contributed by atoms with E-state index < -0.39 is 11.0 Å². The summed E-state index contributed by atoms with van der Waals surface area (Å²) in [5, 5.41) is 10.8. The Balaban J connectivity index is 1.67. The van der Waals surface area contributed by atoms with Crippen molar-refractivity contribution >= 4 is 23.1 Å². The number of nitro benzene ring substituents is 1. The lowest BCUT2D eigenvalue weighted by molar-refractivity contribution is -0.384. The number of methoxy groups -OCH3 is 1. The Bertz CT molecular complexity index is 1120. The molecule has 0 bridgehead atoms. The van der Waals surface area contributed by atoms with Crippen LogP contribution < -0.4 is 9.64 Å². The van der Waals surface area contributed by atoms with Crippen LogP contribution >= 0.6 is 0 Å². The smallest absolute Gasteiger partial charge is 0.269 e. The van der Waals surface area contributed by atoms with Crippen LogP contribution in [0.3, 0.4) is 0 Å². The molecule has 30 heavy (non-hydrogen) atoms. The predicted octanol–water partition coefficient (Wildman–Crippen LogP) is 4.58. The maximum absolute atomic E-state index is 13.1. The summed E-state index contributed by atoms with van der Waals surface area (Å²) >= 11 is 0. The molecule has 0 N–H and O–H groups in total. The van der Waals surface area contributed by atoms with E-state index in [0.717, 1.165) is 5.56 Å². The second-order valence-electron chi connectivity index (χ2n) is 6.91. The van der Waals surface area contributed by atoms with Crippen LogP contribution in [-0.2, 0) is 0 Å². The van der Waals surface area contributed by atoms with E-state index >= 15 is 0 Å². The SMILES string of the molecule is COc1ccc(N2C(=O)c3ccccc3C2CC(=O)c2ccc([N+](=O)[O-])cc2)cc1. The zero-order chi connectivity index (χ0) is 21.3. The van der Waals surface area contributed by atoms with Gasteiger partial charge in [0.2, 0.25) is 0 Å². The van der Waals surface area contributed by atoms with Gasteiger partial charge in [-0.2, -0.15) is 0 Å². The van der Waals surface area contributed by atoms with Crippen molar-refractivity contribution in [1.29, 1.82) is 0 Å². The third-order valence-electron chi connectivity index (χ3n) is 5.21. The summed E-state index contributed by atoms with van der Waals surface area (Å²) in [7, 11) is 1.57. The lowest BCUT2D eigenvalue weighted by atomic mass is 9.97. The van der Waals surface area contributed by atoms with E-state index in [-0.39, 0.29) is 23.8 Å². The van der Waals surface area contributed by atoms with E-state index in [4.69, 9.17) is 4.74 Å². The highest BCUT2D eigenvalue weighted by Crippen LogP contribution is 2.40. The molecule has 0 aliphatic carbocycles. The highest BCUT2D eigenvalue weighted by atomic mass is 16.6. The van der Waals surface area contributed by atoms with E-state index in [0.29, 0.717) is 22.6 Å². The quantitative estimate of drug-likeness (QED) is 0.342. The van der Waals surface area contributed by atoms with Gasteiger partial charge in [0.15, 0.2) is 5.78 Å². The van der Waals surface area contributed by atoms with Gasteiger partial charge in [-0.05, 0) is 48.0 Å². The molecule has 0 saturated carbocycles. The molecule has 7 heteroatoms. The highest BCUT2D eigenvalue weighted by molar-refractivity contribution is 6.12. The minimum atomic E-state index is -0.508. The van der Waals surface area contributed by atoms with Crippen LogP contribution in [0.5, 0.6) is 5.75 Å². The number of carbonyl (C=O) groups is 2. The molecule has 3 aromatic rings. The number of ketones is 1. The third-order valence-corrected chi connectivity index (χ3v) is 5.21. The number of anilines is 1. The molecule has 1 aliphatic rings. The number of benzene rings is 3. The van der Waals surface area contributed by atoms with Crippen molar-refractivity contribution in [2.24, 2.45) is 0 Å². The van der Waals surface area contributed by atoms with E-state index in [1.54, 1.807) is 48.4 Å². The second kappa shape index (κ2) is 7.79. The zero-order valence-corrected chi connectivity index (χ0v) is 16.1. The molecule has 0 saturated heterocycles. The van der Waals surface area contributed by atoms with Crippen LogP contribution in [0.2, 0.25) is 0 Å². The minimum Gasteiger partial charge on any atom is -0.497 e. The Morgan fingerprint density at radius 3 is 2.33 bits per heavy atom. The van der Waals surface area contributed by atoms with Gasteiger partial charge in [-0.1, -0.05) is 18.2 Å². The van der Waals surface area contributed by atoms with Gasteiger partial charge < -0.3 is 9.64 Å². The topological polar surface area (TPSA) is 89.8 Å². The van der Waals surface area contributed by atoms with Crippen LogP contribution in [0.15, 0.2) is 72.8 Å². The van der Waals surface area contributed by atoms with Gasteiger partial charge in [0.1, 0.15) is 5.75 Å². The molecule has 1 atom stereocenters. The van der Waals surface area contributed by atoms with E-state index in [1.165, 1.54) is 24.3 Å². The number of fused-ring (bicyclic) bond motifs is 1. The van der Waals surface area contributed by atoms with Gasteiger partial charge in [0, 0.05) is 35.4 Å². The van der Waals surface area contributed by atoms with Gasteiger partial charge in [0.05, 0.1) is 18.1 Å². The monoisotopic (exact) mass is 402 g/mol. The van der Waals surface area contributed by atoms with Crippen LogP contribution in [0.1, 0.15) is 38.7 Å². The average molecular weight is 402 g/mol. The summed E-state index contributed by atoms with van der Waals surface area (Å²) in [4.78, 5) is 38.0. The summed E-state index contributed by atoms with van der Waals surface area (Å²) in [5.41, 5.74) is 2.31. The summed E-state index contributed by atoms with van der Waals surface area (Å²) in [6, 6.07) is 19.4. The highest BCUT2D eigenvalue weighted by Gasteiger charge is 2.38. The molecule has 0 radical (unpaired) electrons. The summed E-state index contributed by atoms with van der Waals surface area (Å²) < 4.78 is 5.19. The molecule has 1 aliphatic heterocycles. The maximum atomic E-state index is 13.1. The van der Waals surface area contributed by atoms with Crippen LogP contribution in [0.25, 0.3) is 0 Å². The van der Waals surface area contributed by atoms with Crippen molar-refractivity contribution in [2.45, 2.75) is 12.5 Å². The Morgan fingerprint density at radius 1 is 1.03 bits per heavy atom. The van der Waals surface area contributed by atoms with Gasteiger partial charge in [-0.3, -0.25) is 19.7 Å². The van der Waals surface area contributed by atoms with E-state index in [9.17, 15) is 19.7 Å². The second-order valence-corrected chi connectivity index (χ2v) is 6.91. The molecule has 0 aromatic heterocycles. The average Bonchev–Trinajstić information content (AvgIpc) is 3.05.